The van der Waals surface area contributed by atoms with Crippen LogP contribution in [0.5, 0.6) is 11.5 Å². The molecule has 2 rings (SSSR count). The SMILES string of the molecule is CSCC[C@H](N)C(=O)Nc1cc2c(cc1Cl)OCO2. The molecular formula is C12H15ClN2O3S. The maximum absolute atomic E-state index is 11.9. The highest BCUT2D eigenvalue weighted by molar-refractivity contribution is 7.98. The van der Waals surface area contributed by atoms with Crippen LogP contribution in [0.4, 0.5) is 5.69 Å². The molecule has 1 aliphatic heterocycles. The molecule has 0 aromatic heterocycles. The van der Waals surface area contributed by atoms with Crippen LogP contribution in [0.2, 0.25) is 5.02 Å². The number of nitrogens with two attached hydrogens (primary N) is 1. The topological polar surface area (TPSA) is 73.6 Å². The number of thioether (sulfide) groups is 1. The van der Waals surface area contributed by atoms with Crippen molar-refractivity contribution in [3.63, 3.8) is 0 Å². The van der Waals surface area contributed by atoms with Gasteiger partial charge >= 0.3 is 0 Å². The third-order valence-electron chi connectivity index (χ3n) is 2.69. The second-order valence-corrected chi connectivity index (χ2v) is 5.46. The second-order valence-electron chi connectivity index (χ2n) is 4.06. The van der Waals surface area contributed by atoms with Crippen molar-refractivity contribution < 1.29 is 14.3 Å². The highest BCUT2D eigenvalue weighted by Gasteiger charge is 2.19. The minimum atomic E-state index is -0.547. The van der Waals surface area contributed by atoms with E-state index in [1.165, 1.54) is 0 Å². The Kier molecular flexibility index (Phi) is 4.79. The summed E-state index contributed by atoms with van der Waals surface area (Å²) >= 11 is 7.72. The van der Waals surface area contributed by atoms with Crippen LogP contribution in [-0.4, -0.2) is 30.8 Å². The quantitative estimate of drug-likeness (QED) is 0.871. The fraction of sp³-hybridized carbons (Fsp3) is 0.417. The molecule has 0 radical (unpaired) electrons. The number of halogens is 1. The largest absolute Gasteiger partial charge is 0.454 e. The van der Waals surface area contributed by atoms with E-state index in [-0.39, 0.29) is 12.7 Å². The number of ether oxygens (including phenoxy) is 2. The molecule has 0 saturated carbocycles. The Bertz CT molecular complexity index is 484. The minimum Gasteiger partial charge on any atom is -0.454 e. The van der Waals surface area contributed by atoms with Crippen LogP contribution in [0.15, 0.2) is 12.1 Å². The fourth-order valence-corrected chi connectivity index (χ4v) is 2.30. The number of carbonyl (C=O) groups is 1. The summed E-state index contributed by atoms with van der Waals surface area (Å²) in [5, 5.41) is 3.11. The predicted octanol–water partition coefficient (Wildman–Crippen LogP) is 2.09. The van der Waals surface area contributed by atoms with E-state index in [0.717, 1.165) is 5.75 Å². The Balaban J connectivity index is 2.04. The van der Waals surface area contributed by atoms with E-state index in [0.29, 0.717) is 28.6 Å². The van der Waals surface area contributed by atoms with Crippen molar-refractivity contribution in [2.24, 2.45) is 5.73 Å². The Morgan fingerprint density at radius 1 is 1.53 bits per heavy atom. The number of anilines is 1. The van der Waals surface area contributed by atoms with Gasteiger partial charge in [-0.1, -0.05) is 11.6 Å². The number of amides is 1. The molecule has 1 aromatic carbocycles. The molecule has 1 aromatic rings. The van der Waals surface area contributed by atoms with Gasteiger partial charge in [0.2, 0.25) is 12.7 Å². The van der Waals surface area contributed by atoms with Crippen LogP contribution in [0.3, 0.4) is 0 Å². The molecule has 1 aliphatic rings. The maximum Gasteiger partial charge on any atom is 0.241 e. The molecule has 7 heteroatoms. The normalized spacial score (nSPS) is 14.3. The van der Waals surface area contributed by atoms with Crippen molar-refractivity contribution in [1.29, 1.82) is 0 Å². The van der Waals surface area contributed by atoms with Crippen LogP contribution >= 0.6 is 23.4 Å². The van der Waals surface area contributed by atoms with E-state index in [1.54, 1.807) is 23.9 Å². The van der Waals surface area contributed by atoms with Gasteiger partial charge in [-0.15, -0.1) is 0 Å². The number of hydrogen-bond acceptors (Lipinski definition) is 5. The monoisotopic (exact) mass is 302 g/mol. The molecule has 0 spiro atoms. The molecule has 0 unspecified atom stereocenters. The van der Waals surface area contributed by atoms with Crippen LogP contribution in [-0.2, 0) is 4.79 Å². The first kappa shape index (κ1) is 14.3. The molecule has 5 nitrogen and oxygen atoms in total. The van der Waals surface area contributed by atoms with Crippen molar-refractivity contribution in [3.8, 4) is 11.5 Å². The second kappa shape index (κ2) is 6.36. The van der Waals surface area contributed by atoms with E-state index in [9.17, 15) is 4.79 Å². The number of fused-ring (bicyclic) bond motifs is 1. The lowest BCUT2D eigenvalue weighted by molar-refractivity contribution is -0.117. The zero-order chi connectivity index (χ0) is 13.8. The third-order valence-corrected chi connectivity index (χ3v) is 3.65. The van der Waals surface area contributed by atoms with E-state index in [4.69, 9.17) is 26.8 Å². The van der Waals surface area contributed by atoms with Crippen molar-refractivity contribution in [1.82, 2.24) is 0 Å². The summed E-state index contributed by atoms with van der Waals surface area (Å²) in [7, 11) is 0. The van der Waals surface area contributed by atoms with Gasteiger partial charge in [0.1, 0.15) is 0 Å². The Morgan fingerprint density at radius 2 is 2.21 bits per heavy atom. The average molecular weight is 303 g/mol. The highest BCUT2D eigenvalue weighted by Crippen LogP contribution is 2.39. The molecule has 0 bridgehead atoms. The molecule has 0 aliphatic carbocycles. The van der Waals surface area contributed by atoms with E-state index < -0.39 is 6.04 Å². The van der Waals surface area contributed by atoms with Gasteiger partial charge in [0.05, 0.1) is 16.8 Å². The van der Waals surface area contributed by atoms with E-state index in [2.05, 4.69) is 5.32 Å². The van der Waals surface area contributed by atoms with Gasteiger partial charge in [0.15, 0.2) is 11.5 Å². The van der Waals surface area contributed by atoms with Gasteiger partial charge in [-0.2, -0.15) is 11.8 Å². The first-order valence-corrected chi connectivity index (χ1v) is 7.53. The number of rotatable bonds is 5. The first-order valence-electron chi connectivity index (χ1n) is 5.76. The fourth-order valence-electron chi connectivity index (χ4n) is 1.61. The minimum absolute atomic E-state index is 0.163. The summed E-state index contributed by atoms with van der Waals surface area (Å²) in [6, 6.07) is 2.71. The van der Waals surface area contributed by atoms with Crippen molar-refractivity contribution in [3.05, 3.63) is 17.2 Å². The summed E-state index contributed by atoms with van der Waals surface area (Å²) in [6.07, 6.45) is 2.59. The van der Waals surface area contributed by atoms with E-state index in [1.807, 2.05) is 6.26 Å². The summed E-state index contributed by atoms with van der Waals surface area (Å²) in [4.78, 5) is 11.9. The number of hydrogen-bond donors (Lipinski definition) is 2. The van der Waals surface area contributed by atoms with Gasteiger partial charge in [-0.3, -0.25) is 4.79 Å². The molecule has 19 heavy (non-hydrogen) atoms. The lowest BCUT2D eigenvalue weighted by atomic mass is 10.2. The van der Waals surface area contributed by atoms with Crippen molar-refractivity contribution >= 4 is 35.0 Å². The first-order chi connectivity index (χ1) is 9.11. The smallest absolute Gasteiger partial charge is 0.241 e. The lowest BCUT2D eigenvalue weighted by Gasteiger charge is -2.13. The standard InChI is InChI=1S/C12H15ClN2O3S/c1-19-3-2-8(14)12(16)15-9-5-11-10(4-7(9)13)17-6-18-11/h4-5,8H,2-3,6,14H2,1H3,(H,15,16)/t8-/m0/s1. The van der Waals surface area contributed by atoms with Gasteiger partial charge in [-0.25, -0.2) is 0 Å². The summed E-state index contributed by atoms with van der Waals surface area (Å²) in [5.41, 5.74) is 6.27. The number of carbonyl (C=O) groups excluding carboxylic acids is 1. The highest BCUT2D eigenvalue weighted by atomic mass is 35.5. The molecule has 1 amide bonds. The summed E-state index contributed by atoms with van der Waals surface area (Å²) < 4.78 is 10.4. The zero-order valence-corrected chi connectivity index (χ0v) is 12.0. The van der Waals surface area contributed by atoms with Crippen LogP contribution in [0.1, 0.15) is 6.42 Å². The molecule has 0 saturated heterocycles. The van der Waals surface area contributed by atoms with Crippen LogP contribution in [0.25, 0.3) is 0 Å². The van der Waals surface area contributed by atoms with Crippen LogP contribution < -0.4 is 20.5 Å². The summed E-state index contributed by atoms with van der Waals surface area (Å²) in [6.45, 7) is 0.163. The summed E-state index contributed by atoms with van der Waals surface area (Å²) in [5.74, 6) is 1.73. The van der Waals surface area contributed by atoms with Gasteiger partial charge in [0.25, 0.3) is 0 Å². The predicted molar refractivity (Wildman–Crippen MR) is 77.2 cm³/mol. The van der Waals surface area contributed by atoms with Gasteiger partial charge in [-0.05, 0) is 18.4 Å². The third kappa shape index (κ3) is 3.46. The van der Waals surface area contributed by atoms with Crippen molar-refractivity contribution in [2.75, 3.05) is 24.1 Å². The zero-order valence-electron chi connectivity index (χ0n) is 10.4. The van der Waals surface area contributed by atoms with Crippen molar-refractivity contribution in [2.45, 2.75) is 12.5 Å². The Labute approximate surface area is 120 Å². The number of benzene rings is 1. The Hall–Kier alpha value is -1.11. The number of nitrogens with one attached hydrogen (secondary N) is 1. The average Bonchev–Trinajstić information content (AvgIpc) is 2.83. The molecule has 0 fully saturated rings. The van der Waals surface area contributed by atoms with E-state index >= 15 is 0 Å². The lowest BCUT2D eigenvalue weighted by Crippen LogP contribution is -2.36. The molecule has 1 heterocycles. The molecule has 104 valence electrons. The molecule has 1 atom stereocenters. The van der Waals surface area contributed by atoms with Gasteiger partial charge in [0, 0.05) is 12.1 Å². The molecule has 3 N–H and O–H groups in total. The Morgan fingerprint density at radius 3 is 2.89 bits per heavy atom. The maximum atomic E-state index is 11.9. The van der Waals surface area contributed by atoms with Crippen LogP contribution in [0, 0.1) is 0 Å². The molecular weight excluding hydrogens is 288 g/mol. The van der Waals surface area contributed by atoms with Gasteiger partial charge < -0.3 is 20.5 Å².